The maximum absolute atomic E-state index is 11.7. The van der Waals surface area contributed by atoms with Crippen LogP contribution in [0.3, 0.4) is 0 Å². The molecule has 18 heteroatoms. The molecule has 6 fully saturated rings. The molecule has 6 aromatic rings. The van der Waals surface area contributed by atoms with Gasteiger partial charge in [-0.05, 0) is 267 Å². The summed E-state index contributed by atoms with van der Waals surface area (Å²) in [4.78, 5) is 4.34. The lowest BCUT2D eigenvalue weighted by Crippen LogP contribution is -2.42. The Hall–Kier alpha value is -6.36. The third kappa shape index (κ3) is 31.1. The topological polar surface area (TPSA) is 196 Å². The number of benzene rings is 6. The molecule has 6 aromatic carbocycles. The number of methoxy groups -OCH3 is 6. The highest BCUT2D eigenvalue weighted by molar-refractivity contribution is 5.37. The van der Waals surface area contributed by atoms with Crippen molar-refractivity contribution in [1.82, 2.24) is 29.4 Å². The van der Waals surface area contributed by atoms with Crippen LogP contribution in [0.5, 0.6) is 34.5 Å². The lowest BCUT2D eigenvalue weighted by molar-refractivity contribution is -0.0280. The van der Waals surface area contributed by atoms with E-state index < -0.39 is 207 Å². The van der Waals surface area contributed by atoms with Gasteiger partial charge in [0.15, 0.2) is 0 Å². The van der Waals surface area contributed by atoms with Crippen molar-refractivity contribution in [1.29, 1.82) is 0 Å². The van der Waals surface area contributed by atoms with Crippen LogP contribution < -0.4 is 28.4 Å². The summed E-state index contributed by atoms with van der Waals surface area (Å²) in [7, 11) is 17.5. The molecule has 6 N–H and O–H groups in total. The molecule has 12 rings (SSSR count). The monoisotopic (exact) mass is 1710 g/mol. The first-order valence-corrected chi connectivity index (χ1v) is 40.5. The molecule has 0 aromatic heterocycles. The summed E-state index contributed by atoms with van der Waals surface area (Å²) in [6.45, 7) is -27.5. The van der Waals surface area contributed by atoms with Crippen molar-refractivity contribution in [3.63, 3.8) is 0 Å². The lowest BCUT2D eigenvalue weighted by atomic mass is 9.72. The average Bonchev–Trinajstić information content (AvgIpc) is 0.655. The Kier molecular flexibility index (Phi) is 21.4. The van der Waals surface area contributed by atoms with E-state index in [2.05, 4.69) is 0 Å². The van der Waals surface area contributed by atoms with Crippen LogP contribution in [0.4, 0.5) is 0 Å². The fourth-order valence-corrected chi connectivity index (χ4v) is 15.4. The van der Waals surface area contributed by atoms with Gasteiger partial charge in [-0.1, -0.05) is 188 Å². The molecule has 120 heavy (non-hydrogen) atoms. The number of ether oxygens (including phenoxy) is 6. The molecule has 6 atom stereocenters. The van der Waals surface area contributed by atoms with Crippen LogP contribution >= 0.6 is 0 Å². The van der Waals surface area contributed by atoms with E-state index in [0.29, 0.717) is 120 Å². The van der Waals surface area contributed by atoms with E-state index in [-0.39, 0.29) is 59.4 Å². The maximum atomic E-state index is 11.7. The van der Waals surface area contributed by atoms with E-state index in [1.807, 2.05) is 0 Å². The minimum atomic E-state index is -3.72. The zero-order valence-electron chi connectivity index (χ0n) is 120. The third-order valence-electron chi connectivity index (χ3n) is 21.7. The highest BCUT2D eigenvalue weighted by Gasteiger charge is 2.45. The number of likely N-dealkylation sites (N-methyl/N-ethyl adjacent to an activating group) is 6. The minimum Gasteiger partial charge on any atom is -0.497 e. The zero-order chi connectivity index (χ0) is 130. The van der Waals surface area contributed by atoms with Crippen molar-refractivity contribution in [2.24, 2.45) is 0 Å². The van der Waals surface area contributed by atoms with Crippen LogP contribution in [-0.2, 0) is 0 Å². The van der Waals surface area contributed by atoms with Gasteiger partial charge in [0, 0.05) is 140 Å². The first-order chi connectivity index (χ1) is 75.9. The molecule has 0 bridgehead atoms. The van der Waals surface area contributed by atoms with Gasteiger partial charge in [0.2, 0.25) is 0 Å². The molecular formula is C102H162N6O12. The Morgan fingerprint density at radius 3 is 0.742 bits per heavy atom. The Morgan fingerprint density at radius 1 is 0.275 bits per heavy atom. The van der Waals surface area contributed by atoms with Crippen molar-refractivity contribution in [3.05, 3.63) is 179 Å². The zero-order valence-corrected chi connectivity index (χ0v) is 71.6. The Balaban J connectivity index is 0.000000271. The van der Waals surface area contributed by atoms with Crippen LogP contribution in [0.25, 0.3) is 0 Å². The van der Waals surface area contributed by atoms with E-state index >= 15 is 0 Å². The van der Waals surface area contributed by atoms with Crippen LogP contribution in [0.15, 0.2) is 146 Å². The molecule has 0 spiro atoms. The number of aliphatic hydroxyl groups is 6. The highest BCUT2D eigenvalue weighted by atomic mass is 16.5. The second-order valence-corrected chi connectivity index (χ2v) is 31.2. The van der Waals surface area contributed by atoms with E-state index in [4.69, 9.17) is 94.2 Å². The maximum Gasteiger partial charge on any atom is 0.118 e. The Morgan fingerprint density at radius 2 is 0.500 bits per heavy atom. The summed E-state index contributed by atoms with van der Waals surface area (Å²) in [5.41, 5.74) is -12.1. The summed E-state index contributed by atoms with van der Waals surface area (Å²) in [5, 5.41) is 68.8. The van der Waals surface area contributed by atoms with Gasteiger partial charge in [-0.2, -0.15) is 0 Å². The number of nitrogens with zero attached hydrogens (tertiary/aromatic N) is 6. The summed E-state index contributed by atoms with van der Waals surface area (Å²) < 4.78 is 421. The van der Waals surface area contributed by atoms with Gasteiger partial charge >= 0.3 is 0 Å². The predicted molar refractivity (Wildman–Crippen MR) is 494 cm³/mol. The summed E-state index contributed by atoms with van der Waals surface area (Å²) in [6.07, 6.45) is -25.1. The smallest absolute Gasteiger partial charge is 0.118 e. The first-order valence-electron chi connectivity index (χ1n) is 64.5. The molecule has 0 heterocycles. The van der Waals surface area contributed by atoms with Crippen molar-refractivity contribution in [3.8, 4) is 34.5 Å². The average molecular weight is 1710 g/mol. The molecule has 672 valence electrons. The molecule has 6 unspecified atom stereocenters. The Bertz CT molecular complexity index is 5860. The summed E-state index contributed by atoms with van der Waals surface area (Å²) in [5.74, 6) is -8.69. The molecule has 6 aliphatic carbocycles. The van der Waals surface area contributed by atoms with Gasteiger partial charge in [0.05, 0.1) is 76.3 Å². The molecule has 0 saturated heterocycles. The quantitative estimate of drug-likeness (QED) is 0.0249. The van der Waals surface area contributed by atoms with E-state index in [9.17, 15) is 30.6 Å². The molecule has 18 nitrogen and oxygen atoms in total. The van der Waals surface area contributed by atoms with Gasteiger partial charge < -0.3 is 88.5 Å². The Labute approximate surface area is 793 Å². The van der Waals surface area contributed by atoms with Crippen LogP contribution in [0.1, 0.15) is 327 Å². The lowest BCUT2D eigenvalue weighted by Gasteiger charge is -2.40. The molecule has 0 amide bonds. The molecule has 0 radical (unpaired) electrons. The van der Waals surface area contributed by atoms with E-state index in [1.165, 1.54) is 130 Å². The minimum absolute atomic E-state index is 0.0174. The van der Waals surface area contributed by atoms with Gasteiger partial charge in [-0.15, -0.1) is 0 Å². The van der Waals surface area contributed by atoms with Gasteiger partial charge in [-0.25, -0.2) is 0 Å². The number of rotatable bonds is 30. The summed E-state index contributed by atoms with van der Waals surface area (Å²) >= 11 is 0. The highest BCUT2D eigenvalue weighted by Crippen LogP contribution is 2.47. The second kappa shape index (κ2) is 50.0. The van der Waals surface area contributed by atoms with Crippen LogP contribution in [-0.4, -0.2) is 260 Å². The fourth-order valence-electron chi connectivity index (χ4n) is 15.4. The third-order valence-corrected chi connectivity index (χ3v) is 21.7. The van der Waals surface area contributed by atoms with Gasteiger partial charge in [0.25, 0.3) is 0 Å². The molecule has 0 aliphatic heterocycles. The fraction of sp³-hybridized carbons (Fsp3) is 0.647. The normalized spacial score (nSPS) is 32.0. The van der Waals surface area contributed by atoms with E-state index in [0.717, 1.165) is 57.5 Å². The molecule has 6 saturated carbocycles. The SMILES string of the molecule is [2H]C([2H])(N(C)C)C([2H])(c1ccc(OC)cc1)C1(O)CCCCC1.[2H]C([2H])([2H])N(C([2H])([2H])[2H])C([2H])([2H])C([2H])(c1ccc(OC)cc1)C1(O)CCCCC1.[2H]C([2H])([2H])N(C)C([2H])([2H])C([2H])(c1ccc(OC)cc1)C1(O)CCCCC1.[2H]C([2H])([2H])N(C)CC(c1ccc(OC)cc1)C1(O)C([2H])([2H])C([2H])([2H])C([2H])([2H])C([2H])([2H])C1([2H])[2H].[2H]C([2H])([2H])N(CC([2H])(c1ccc(OC)cc1)C1(O)CCCCC1)C([2H])([2H])[2H].[2H]C1([2H])C([2H])([2H])C([2H])([2H])C(O)(C(CN(C)C)c2ccc(OC)cc2)C([2H])([2H])C1([2H])[2H]. The van der Waals surface area contributed by atoms with Gasteiger partial charge in [0.1, 0.15) is 34.5 Å². The predicted octanol–water partition coefficient (Wildman–Crippen LogP) is 18.2. The van der Waals surface area contributed by atoms with Crippen molar-refractivity contribution in [2.45, 2.75) is 261 Å². The molecular weight excluding hydrogens is 1500 g/mol. The van der Waals surface area contributed by atoms with Crippen molar-refractivity contribution >= 4 is 0 Å². The standard InChI is InChI=1S/6C17H27NO2/c6*1-18(2)13-16(17(19)11-5-4-6-12-17)14-7-9-15(20-3)10-8-14/h6*7-10,16,19H,4-6,11-13H2,1-3H3/i1D3,4D2,5D2,6D2,11D2,12D2;4D2,5D2,6D2,11D2,12D2;1D3,2D3,13D2,16D;1D3,13D2,16D;1D3,2D3,16D;13D2,16D. The van der Waals surface area contributed by atoms with E-state index in [1.54, 1.807) is 96.0 Å². The first kappa shape index (κ1) is 51.3. The largest absolute Gasteiger partial charge is 0.497 e. The number of hydrogen-bond acceptors (Lipinski definition) is 18. The van der Waals surface area contributed by atoms with Crippen LogP contribution in [0, 0.1) is 0 Å². The van der Waals surface area contributed by atoms with Crippen molar-refractivity contribution in [2.75, 3.05) is 166 Å². The number of hydrogen-bond donors (Lipinski definition) is 6. The molecule has 6 aliphatic rings. The van der Waals surface area contributed by atoms with Gasteiger partial charge in [-0.3, -0.25) is 0 Å². The second-order valence-electron chi connectivity index (χ2n) is 31.2. The van der Waals surface area contributed by atoms with Crippen LogP contribution in [0.2, 0.25) is 0 Å². The van der Waals surface area contributed by atoms with Crippen molar-refractivity contribution < 1.29 is 125 Å². The summed E-state index contributed by atoms with van der Waals surface area (Å²) in [6, 6.07) is 36.5.